The number of rotatable bonds is 9. The SMILES string of the molecule is CCc1ccc(NC(=O)CSc2nnc(C(C)Oc3cc(Cl)ccc3Cl)n2CC)cc1. The van der Waals surface area contributed by atoms with Gasteiger partial charge in [0.1, 0.15) is 5.75 Å². The molecular formula is C22H24Cl2N4O2S. The number of carbonyl (C=O) groups is 1. The summed E-state index contributed by atoms with van der Waals surface area (Å²) in [4.78, 5) is 12.3. The Labute approximate surface area is 196 Å². The summed E-state index contributed by atoms with van der Waals surface area (Å²) in [5.74, 6) is 1.26. The average molecular weight is 479 g/mol. The minimum absolute atomic E-state index is 0.101. The maximum Gasteiger partial charge on any atom is 0.234 e. The van der Waals surface area contributed by atoms with Gasteiger partial charge in [-0.05, 0) is 50.1 Å². The summed E-state index contributed by atoms with van der Waals surface area (Å²) < 4.78 is 7.89. The third-order valence-corrected chi connectivity index (χ3v) is 6.11. The summed E-state index contributed by atoms with van der Waals surface area (Å²) in [6.07, 6.45) is 0.564. The first kappa shape index (κ1) is 23.4. The molecule has 3 aromatic rings. The third-order valence-electron chi connectivity index (χ3n) is 4.60. The summed E-state index contributed by atoms with van der Waals surface area (Å²) in [5, 5.41) is 13.1. The molecule has 0 aliphatic rings. The zero-order valence-electron chi connectivity index (χ0n) is 17.6. The van der Waals surface area contributed by atoms with Crippen molar-refractivity contribution in [3.63, 3.8) is 0 Å². The molecule has 31 heavy (non-hydrogen) atoms. The number of halogens is 2. The lowest BCUT2D eigenvalue weighted by molar-refractivity contribution is -0.113. The molecule has 0 saturated heterocycles. The van der Waals surface area contributed by atoms with Crippen LogP contribution < -0.4 is 10.1 Å². The van der Waals surface area contributed by atoms with E-state index in [0.29, 0.717) is 33.3 Å². The van der Waals surface area contributed by atoms with Gasteiger partial charge in [-0.1, -0.05) is 54.0 Å². The van der Waals surface area contributed by atoms with E-state index in [1.807, 2.05) is 42.7 Å². The van der Waals surface area contributed by atoms with Crippen LogP contribution in [0.1, 0.15) is 38.3 Å². The highest BCUT2D eigenvalue weighted by molar-refractivity contribution is 7.99. The van der Waals surface area contributed by atoms with Crippen molar-refractivity contribution in [2.24, 2.45) is 0 Å². The van der Waals surface area contributed by atoms with Gasteiger partial charge >= 0.3 is 0 Å². The van der Waals surface area contributed by atoms with Crippen LogP contribution in [-0.2, 0) is 17.8 Å². The standard InChI is InChI=1S/C22H24Cl2N4O2S/c1-4-15-6-9-17(10-7-15)25-20(29)13-31-22-27-26-21(28(22)5-2)14(3)30-19-12-16(23)8-11-18(19)24/h6-12,14H,4-5,13H2,1-3H3,(H,25,29). The molecule has 0 saturated carbocycles. The fourth-order valence-electron chi connectivity index (χ4n) is 2.97. The third kappa shape index (κ3) is 6.15. The molecule has 9 heteroatoms. The number of hydrogen-bond acceptors (Lipinski definition) is 5. The van der Waals surface area contributed by atoms with E-state index < -0.39 is 6.10 Å². The number of hydrogen-bond donors (Lipinski definition) is 1. The van der Waals surface area contributed by atoms with E-state index in [0.717, 1.165) is 12.1 Å². The number of anilines is 1. The van der Waals surface area contributed by atoms with Gasteiger partial charge in [-0.25, -0.2) is 0 Å². The average Bonchev–Trinajstić information content (AvgIpc) is 3.18. The number of nitrogens with zero attached hydrogens (tertiary/aromatic N) is 3. The lowest BCUT2D eigenvalue weighted by atomic mass is 10.1. The molecule has 0 aliphatic heterocycles. The maximum atomic E-state index is 12.3. The van der Waals surface area contributed by atoms with Crippen LogP contribution in [0.5, 0.6) is 5.75 Å². The van der Waals surface area contributed by atoms with Crippen molar-refractivity contribution in [3.05, 3.63) is 63.9 Å². The molecule has 1 amide bonds. The largest absolute Gasteiger partial charge is 0.481 e. The molecule has 2 aromatic carbocycles. The predicted octanol–water partition coefficient (Wildman–Crippen LogP) is 6.04. The van der Waals surface area contributed by atoms with Crippen molar-refractivity contribution in [1.82, 2.24) is 14.8 Å². The quantitative estimate of drug-likeness (QED) is 0.379. The van der Waals surface area contributed by atoms with Crippen molar-refractivity contribution >= 4 is 46.6 Å². The van der Waals surface area contributed by atoms with Gasteiger partial charge in [0.2, 0.25) is 5.91 Å². The molecule has 3 rings (SSSR count). The molecule has 6 nitrogen and oxygen atoms in total. The number of ether oxygens (including phenoxy) is 1. The van der Waals surface area contributed by atoms with Crippen LogP contribution in [0, 0.1) is 0 Å². The second-order valence-corrected chi connectivity index (χ2v) is 8.59. The number of aromatic nitrogens is 3. The van der Waals surface area contributed by atoms with Crippen LogP contribution >= 0.6 is 35.0 Å². The summed E-state index contributed by atoms with van der Waals surface area (Å²) in [6.45, 7) is 6.60. The smallest absolute Gasteiger partial charge is 0.234 e. The van der Waals surface area contributed by atoms with Gasteiger partial charge in [-0.2, -0.15) is 0 Å². The first-order valence-corrected chi connectivity index (χ1v) is 11.7. The minimum atomic E-state index is -0.399. The molecule has 1 N–H and O–H groups in total. The second-order valence-electron chi connectivity index (χ2n) is 6.81. The monoisotopic (exact) mass is 478 g/mol. The zero-order chi connectivity index (χ0) is 22.4. The van der Waals surface area contributed by atoms with Crippen molar-refractivity contribution < 1.29 is 9.53 Å². The van der Waals surface area contributed by atoms with Crippen molar-refractivity contribution in [1.29, 1.82) is 0 Å². The highest BCUT2D eigenvalue weighted by Crippen LogP contribution is 2.32. The van der Waals surface area contributed by atoms with Crippen LogP contribution in [0.4, 0.5) is 5.69 Å². The maximum absolute atomic E-state index is 12.3. The highest BCUT2D eigenvalue weighted by atomic mass is 35.5. The number of nitrogens with one attached hydrogen (secondary N) is 1. The first-order chi connectivity index (χ1) is 14.9. The normalized spacial score (nSPS) is 11.9. The summed E-state index contributed by atoms with van der Waals surface area (Å²) in [6, 6.07) is 12.9. The Morgan fingerprint density at radius 2 is 1.90 bits per heavy atom. The molecule has 0 aliphatic carbocycles. The van der Waals surface area contributed by atoms with Crippen LogP contribution in [0.15, 0.2) is 47.6 Å². The Balaban J connectivity index is 1.63. The predicted molar refractivity (Wildman–Crippen MR) is 126 cm³/mol. The molecule has 0 spiro atoms. The zero-order valence-corrected chi connectivity index (χ0v) is 19.9. The molecule has 1 aromatic heterocycles. The van der Waals surface area contributed by atoms with Gasteiger partial charge in [-0.15, -0.1) is 10.2 Å². The lowest BCUT2D eigenvalue weighted by Gasteiger charge is -2.16. The van der Waals surface area contributed by atoms with E-state index in [9.17, 15) is 4.79 Å². The molecular weight excluding hydrogens is 455 g/mol. The number of aryl methyl sites for hydroxylation is 1. The van der Waals surface area contributed by atoms with E-state index in [2.05, 4.69) is 22.4 Å². The van der Waals surface area contributed by atoms with Gasteiger partial charge in [0.25, 0.3) is 0 Å². The fourth-order valence-corrected chi connectivity index (χ4v) is 4.10. The van der Waals surface area contributed by atoms with Gasteiger partial charge in [0.05, 0.1) is 10.8 Å². The number of thioether (sulfide) groups is 1. The Morgan fingerprint density at radius 3 is 2.58 bits per heavy atom. The fraction of sp³-hybridized carbons (Fsp3) is 0.318. The van der Waals surface area contributed by atoms with Crippen molar-refractivity contribution in [2.75, 3.05) is 11.1 Å². The van der Waals surface area contributed by atoms with E-state index in [1.54, 1.807) is 18.2 Å². The van der Waals surface area contributed by atoms with Crippen LogP contribution in [0.2, 0.25) is 10.0 Å². The summed E-state index contributed by atoms with van der Waals surface area (Å²) in [7, 11) is 0. The molecule has 1 atom stereocenters. The van der Waals surface area contributed by atoms with Crippen LogP contribution in [-0.4, -0.2) is 26.4 Å². The second kappa shape index (κ2) is 10.9. The number of carbonyl (C=O) groups excluding carboxylic acids is 1. The lowest BCUT2D eigenvalue weighted by Crippen LogP contribution is -2.15. The number of amides is 1. The highest BCUT2D eigenvalue weighted by Gasteiger charge is 2.20. The van der Waals surface area contributed by atoms with Crippen LogP contribution in [0.3, 0.4) is 0 Å². The first-order valence-electron chi connectivity index (χ1n) is 9.97. The van der Waals surface area contributed by atoms with Gasteiger partial charge in [0, 0.05) is 23.3 Å². The van der Waals surface area contributed by atoms with Crippen molar-refractivity contribution in [2.45, 2.75) is 45.0 Å². The molecule has 1 heterocycles. The Bertz CT molecular complexity index is 1040. The van der Waals surface area contributed by atoms with Crippen molar-refractivity contribution in [3.8, 4) is 5.75 Å². The molecule has 0 radical (unpaired) electrons. The van der Waals surface area contributed by atoms with E-state index >= 15 is 0 Å². The van der Waals surface area contributed by atoms with Crippen LogP contribution in [0.25, 0.3) is 0 Å². The molecule has 1 unspecified atom stereocenters. The summed E-state index contributed by atoms with van der Waals surface area (Å²) >= 11 is 13.6. The topological polar surface area (TPSA) is 69.0 Å². The van der Waals surface area contributed by atoms with E-state index in [-0.39, 0.29) is 11.7 Å². The number of benzene rings is 2. The Hall–Kier alpha value is -2.22. The minimum Gasteiger partial charge on any atom is -0.481 e. The van der Waals surface area contributed by atoms with E-state index in [1.165, 1.54) is 17.3 Å². The van der Waals surface area contributed by atoms with Gasteiger partial charge in [-0.3, -0.25) is 4.79 Å². The van der Waals surface area contributed by atoms with E-state index in [4.69, 9.17) is 27.9 Å². The Kier molecular flexibility index (Phi) is 8.23. The van der Waals surface area contributed by atoms with Gasteiger partial charge < -0.3 is 14.6 Å². The summed E-state index contributed by atoms with van der Waals surface area (Å²) in [5.41, 5.74) is 2.01. The molecule has 0 bridgehead atoms. The molecule has 164 valence electrons. The molecule has 0 fully saturated rings. The Morgan fingerprint density at radius 1 is 1.16 bits per heavy atom. The van der Waals surface area contributed by atoms with Gasteiger partial charge in [0.15, 0.2) is 17.1 Å².